The van der Waals surface area contributed by atoms with Crippen LogP contribution in [0.25, 0.3) is 0 Å². The number of anilines is 1. The van der Waals surface area contributed by atoms with E-state index in [-0.39, 0.29) is 16.1 Å². The van der Waals surface area contributed by atoms with E-state index < -0.39 is 10.0 Å². The maximum Gasteiger partial charge on any atom is 0.266 e. The molecule has 2 rings (SSSR count). The molecule has 2 aromatic rings. The van der Waals surface area contributed by atoms with Crippen molar-refractivity contribution in [1.29, 1.82) is 0 Å². The Labute approximate surface area is 130 Å². The Kier molecular flexibility index (Phi) is 4.79. The second-order valence-electron chi connectivity index (χ2n) is 3.89. The van der Waals surface area contributed by atoms with Crippen molar-refractivity contribution in [2.45, 2.75) is 16.3 Å². The third-order valence-electron chi connectivity index (χ3n) is 2.54. The predicted octanol–water partition coefficient (Wildman–Crippen LogP) is 3.02. The topological polar surface area (TPSA) is 85.3 Å². The lowest BCUT2D eigenvalue weighted by Crippen LogP contribution is -2.12. The first-order valence-electron chi connectivity index (χ1n) is 5.61. The van der Waals surface area contributed by atoms with E-state index in [1.165, 1.54) is 6.07 Å². The number of hydrogen-bond donors (Lipinski definition) is 2. The van der Waals surface area contributed by atoms with E-state index >= 15 is 0 Å². The average Bonchev–Trinajstić information content (AvgIpc) is 2.81. The summed E-state index contributed by atoms with van der Waals surface area (Å²) in [6.45, 7) is 0.135. The van der Waals surface area contributed by atoms with E-state index in [2.05, 4.69) is 20.7 Å². The molecule has 0 aliphatic heterocycles. The Hall–Kier alpha value is -0.960. The van der Waals surface area contributed by atoms with Crippen LogP contribution >= 0.6 is 27.7 Å². The zero-order valence-electron chi connectivity index (χ0n) is 10.6. The van der Waals surface area contributed by atoms with Crippen molar-refractivity contribution in [3.8, 4) is 0 Å². The molecule has 1 aromatic carbocycles. The van der Waals surface area contributed by atoms with Crippen LogP contribution in [0.5, 0.6) is 0 Å². The number of rotatable bonds is 5. The van der Waals surface area contributed by atoms with E-state index in [9.17, 15) is 8.42 Å². The van der Waals surface area contributed by atoms with Crippen LogP contribution in [0.2, 0.25) is 0 Å². The molecule has 0 saturated heterocycles. The van der Waals surface area contributed by atoms with Crippen LogP contribution in [0.15, 0.2) is 49.2 Å². The zero-order chi connectivity index (χ0) is 14.8. The molecule has 108 valence electrons. The second-order valence-corrected chi connectivity index (χ2v) is 7.14. The normalized spacial score (nSPS) is 11.6. The lowest BCUT2D eigenvalue weighted by Gasteiger charge is -2.07. The predicted molar refractivity (Wildman–Crippen MR) is 83.3 cm³/mol. The van der Waals surface area contributed by atoms with Crippen LogP contribution in [-0.2, 0) is 16.6 Å². The van der Waals surface area contributed by atoms with Crippen LogP contribution in [0.1, 0.15) is 5.76 Å². The molecule has 0 unspecified atom stereocenters. The van der Waals surface area contributed by atoms with Gasteiger partial charge in [0.15, 0.2) is 4.67 Å². The van der Waals surface area contributed by atoms with Gasteiger partial charge in [-0.2, -0.15) is 0 Å². The van der Waals surface area contributed by atoms with Gasteiger partial charge in [-0.05, 0) is 46.5 Å². The van der Waals surface area contributed by atoms with Gasteiger partial charge in [-0.3, -0.25) is 4.72 Å². The Morgan fingerprint density at radius 3 is 2.50 bits per heavy atom. The van der Waals surface area contributed by atoms with Gasteiger partial charge in [-0.1, -0.05) is 0 Å². The summed E-state index contributed by atoms with van der Waals surface area (Å²) < 4.78 is 32.4. The van der Waals surface area contributed by atoms with Gasteiger partial charge in [0, 0.05) is 16.6 Å². The fourth-order valence-corrected chi connectivity index (χ4v) is 4.02. The van der Waals surface area contributed by atoms with Gasteiger partial charge in [0.05, 0.1) is 6.54 Å². The first-order valence-corrected chi connectivity index (χ1v) is 9.11. The SMILES string of the molecule is CSc1ccc(NS(=O)(=O)c2cc(CN)oc2Br)cc1. The van der Waals surface area contributed by atoms with Crippen LogP contribution in [-0.4, -0.2) is 14.7 Å². The summed E-state index contributed by atoms with van der Waals surface area (Å²) in [4.78, 5) is 1.09. The fourth-order valence-electron chi connectivity index (χ4n) is 1.55. The minimum absolute atomic E-state index is 0.0342. The highest BCUT2D eigenvalue weighted by Gasteiger charge is 2.22. The zero-order valence-corrected chi connectivity index (χ0v) is 13.8. The number of benzene rings is 1. The molecule has 0 bridgehead atoms. The molecule has 0 radical (unpaired) electrons. The molecule has 8 heteroatoms. The minimum atomic E-state index is -3.71. The van der Waals surface area contributed by atoms with Crippen molar-refractivity contribution in [1.82, 2.24) is 0 Å². The molecule has 0 aliphatic carbocycles. The van der Waals surface area contributed by atoms with Crippen LogP contribution in [0.3, 0.4) is 0 Å². The molecule has 0 atom stereocenters. The lowest BCUT2D eigenvalue weighted by atomic mass is 10.3. The number of hydrogen-bond acceptors (Lipinski definition) is 5. The molecule has 3 N–H and O–H groups in total. The third-order valence-corrected chi connectivity index (χ3v) is 5.52. The van der Waals surface area contributed by atoms with Gasteiger partial charge >= 0.3 is 0 Å². The molecular formula is C12H13BrN2O3S2. The van der Waals surface area contributed by atoms with E-state index in [0.29, 0.717) is 11.4 Å². The van der Waals surface area contributed by atoms with Crippen molar-refractivity contribution in [3.05, 3.63) is 40.8 Å². The van der Waals surface area contributed by atoms with Crippen molar-refractivity contribution >= 4 is 43.4 Å². The maximum absolute atomic E-state index is 12.3. The molecule has 1 heterocycles. The number of sulfonamides is 1. The van der Waals surface area contributed by atoms with Crippen LogP contribution in [0, 0.1) is 0 Å². The van der Waals surface area contributed by atoms with Crippen molar-refractivity contribution in [3.63, 3.8) is 0 Å². The summed E-state index contributed by atoms with van der Waals surface area (Å²) in [6, 6.07) is 8.52. The van der Waals surface area contributed by atoms with Gasteiger partial charge in [-0.25, -0.2) is 8.42 Å². The maximum atomic E-state index is 12.3. The highest BCUT2D eigenvalue weighted by molar-refractivity contribution is 9.10. The van der Waals surface area contributed by atoms with Crippen molar-refractivity contribution < 1.29 is 12.8 Å². The third kappa shape index (κ3) is 3.38. The first-order chi connectivity index (χ1) is 9.46. The van der Waals surface area contributed by atoms with Crippen LogP contribution in [0.4, 0.5) is 5.69 Å². The van der Waals surface area contributed by atoms with Crippen molar-refractivity contribution in [2.24, 2.45) is 5.73 Å². The molecule has 0 aliphatic rings. The summed E-state index contributed by atoms with van der Waals surface area (Å²) in [6.07, 6.45) is 1.95. The van der Waals surface area contributed by atoms with E-state index in [4.69, 9.17) is 10.2 Å². The van der Waals surface area contributed by atoms with Gasteiger partial charge in [0.1, 0.15) is 10.7 Å². The smallest absolute Gasteiger partial charge is 0.266 e. The highest BCUT2D eigenvalue weighted by atomic mass is 79.9. The molecule has 0 saturated carbocycles. The van der Waals surface area contributed by atoms with Gasteiger partial charge in [0.25, 0.3) is 10.0 Å². The molecule has 0 fully saturated rings. The van der Waals surface area contributed by atoms with Gasteiger partial charge in [0.2, 0.25) is 0 Å². The van der Waals surface area contributed by atoms with E-state index in [0.717, 1.165) is 4.90 Å². The van der Waals surface area contributed by atoms with Gasteiger partial charge in [-0.15, -0.1) is 11.8 Å². The number of thioether (sulfide) groups is 1. The van der Waals surface area contributed by atoms with Crippen molar-refractivity contribution in [2.75, 3.05) is 11.0 Å². The Bertz CT molecular complexity index is 696. The van der Waals surface area contributed by atoms with Gasteiger partial charge < -0.3 is 10.2 Å². The molecule has 0 amide bonds. The number of halogens is 1. The Morgan fingerprint density at radius 1 is 1.35 bits per heavy atom. The number of nitrogens with one attached hydrogen (secondary N) is 1. The Balaban J connectivity index is 2.27. The lowest BCUT2D eigenvalue weighted by molar-refractivity contribution is 0.484. The Morgan fingerprint density at radius 2 is 2.00 bits per heavy atom. The number of furan rings is 1. The second kappa shape index (κ2) is 6.21. The van der Waals surface area contributed by atoms with E-state index in [1.807, 2.05) is 18.4 Å². The minimum Gasteiger partial charge on any atom is -0.452 e. The molecule has 20 heavy (non-hydrogen) atoms. The molecule has 0 spiro atoms. The molecular weight excluding hydrogens is 364 g/mol. The van der Waals surface area contributed by atoms with E-state index in [1.54, 1.807) is 23.9 Å². The molecule has 5 nitrogen and oxygen atoms in total. The summed E-state index contributed by atoms with van der Waals surface area (Å²) in [5.74, 6) is 0.398. The number of nitrogens with two attached hydrogens (primary N) is 1. The summed E-state index contributed by atoms with van der Waals surface area (Å²) in [7, 11) is -3.71. The average molecular weight is 377 g/mol. The summed E-state index contributed by atoms with van der Waals surface area (Å²) in [5, 5.41) is 0. The quantitative estimate of drug-likeness (QED) is 0.783. The summed E-state index contributed by atoms with van der Waals surface area (Å²) in [5.41, 5.74) is 5.92. The highest BCUT2D eigenvalue weighted by Crippen LogP contribution is 2.28. The summed E-state index contributed by atoms with van der Waals surface area (Å²) >= 11 is 4.67. The fraction of sp³-hybridized carbons (Fsp3) is 0.167. The monoisotopic (exact) mass is 376 g/mol. The largest absolute Gasteiger partial charge is 0.452 e. The standard InChI is InChI=1S/C12H13BrN2O3S2/c1-19-10-4-2-8(3-5-10)15-20(16,17)11-6-9(7-14)18-12(11)13/h2-6,15H,7,14H2,1H3. The molecule has 1 aromatic heterocycles. The first kappa shape index (κ1) is 15.4. The van der Waals surface area contributed by atoms with Crippen LogP contribution < -0.4 is 10.5 Å².